The Morgan fingerprint density at radius 3 is 2.14 bits per heavy atom. The zero-order valence-corrected chi connectivity index (χ0v) is 7.41. The Labute approximate surface area is 50.8 Å². The Bertz CT molecular complexity index is 35.1. The summed E-state index contributed by atoms with van der Waals surface area (Å²) >= 11 is 0. The second-order valence-electron chi connectivity index (χ2n) is 2.06. The average molecular weight is 129 g/mol. The van der Waals surface area contributed by atoms with Gasteiger partial charge in [-0.15, -0.1) is 0 Å². The van der Waals surface area contributed by atoms with Crippen LogP contribution in [0.3, 0.4) is 0 Å². The third-order valence-corrected chi connectivity index (χ3v) is 3.37. The highest BCUT2D eigenvalue weighted by Gasteiger charge is 1.91. The number of rotatable bonds is 3. The number of hydrogen-bond donors (Lipinski definition) is 0. The molecule has 0 heterocycles. The van der Waals surface area contributed by atoms with Gasteiger partial charge < -0.3 is 0 Å². The van der Waals surface area contributed by atoms with E-state index in [0.29, 0.717) is 0 Å². The van der Waals surface area contributed by atoms with Crippen LogP contribution in [0.5, 0.6) is 0 Å². The molecule has 0 amide bonds. The monoisotopic (exact) mass is 129 g/mol. The van der Waals surface area contributed by atoms with Gasteiger partial charge in [-0.3, -0.25) is 0 Å². The molecule has 0 unspecified atom stereocenters. The minimum atomic E-state index is 0.110. The van der Waals surface area contributed by atoms with Crippen molar-refractivity contribution in [2.24, 2.45) is 0 Å². The Kier molecular flexibility index (Phi) is 4.87. The normalized spacial score (nSPS) is 10.3. The first kappa shape index (κ1) is 7.43. The molecule has 7 heavy (non-hydrogen) atoms. The van der Waals surface area contributed by atoms with E-state index in [1.807, 2.05) is 0 Å². The Morgan fingerprint density at radius 1 is 1.43 bits per heavy atom. The smallest absolute Gasteiger partial charge is 0.0409 e. The van der Waals surface area contributed by atoms with E-state index in [2.05, 4.69) is 19.6 Å². The highest BCUT2D eigenvalue weighted by Crippen LogP contribution is 1.94. The van der Waals surface area contributed by atoms with Gasteiger partial charge in [0.1, 0.15) is 0 Å². The molecule has 0 nitrogen and oxygen atoms in total. The second-order valence-corrected chi connectivity index (χ2v) is 6.18. The summed E-state index contributed by atoms with van der Waals surface area (Å²) in [6, 6.07) is 2.99. The molecular weight excluding hydrogens is 116 g/mol. The van der Waals surface area contributed by atoms with Crippen molar-refractivity contribution in [2.45, 2.75) is 31.7 Å². The van der Waals surface area contributed by atoms with Gasteiger partial charge >= 0.3 is 0 Å². The highest BCUT2D eigenvalue weighted by atomic mass is 28.3. The van der Waals surface area contributed by atoms with Crippen molar-refractivity contribution in [1.29, 1.82) is 0 Å². The lowest BCUT2D eigenvalue weighted by molar-refractivity contribution is 1.38. The van der Waals surface area contributed by atoms with Crippen LogP contribution in [0.2, 0.25) is 31.7 Å². The minimum absolute atomic E-state index is 0.110. The van der Waals surface area contributed by atoms with Gasteiger partial charge in [-0.2, -0.15) is 0 Å². The molecular formula is C5H13Si2. The van der Waals surface area contributed by atoms with Gasteiger partial charge in [0.15, 0.2) is 0 Å². The lowest BCUT2D eigenvalue weighted by Gasteiger charge is -1.96. The first-order valence-corrected chi connectivity index (χ1v) is 7.12. The predicted molar refractivity (Wildman–Crippen MR) is 38.7 cm³/mol. The maximum absolute atomic E-state index is 2.38. The van der Waals surface area contributed by atoms with Gasteiger partial charge in [-0.05, 0) is 0 Å². The van der Waals surface area contributed by atoms with Crippen molar-refractivity contribution in [1.82, 2.24) is 0 Å². The zero-order valence-electron chi connectivity index (χ0n) is 5.41. The summed E-state index contributed by atoms with van der Waals surface area (Å²) in [7, 11) is 1.29. The SMILES string of the molecule is C[Si]CC[Si](C)C. The van der Waals surface area contributed by atoms with Crippen molar-refractivity contribution in [3.63, 3.8) is 0 Å². The van der Waals surface area contributed by atoms with Gasteiger partial charge in [0.25, 0.3) is 0 Å². The number of hydrogen-bond acceptors (Lipinski definition) is 0. The van der Waals surface area contributed by atoms with Crippen LogP contribution >= 0.6 is 0 Å². The molecule has 0 aromatic carbocycles. The molecule has 3 radical (unpaired) electrons. The fourth-order valence-electron chi connectivity index (χ4n) is 0.375. The molecule has 41 valence electrons. The van der Waals surface area contributed by atoms with Crippen molar-refractivity contribution < 1.29 is 0 Å². The molecule has 0 spiro atoms. The fourth-order valence-corrected chi connectivity index (χ4v) is 3.37. The topological polar surface area (TPSA) is 0 Å². The molecule has 0 aliphatic carbocycles. The van der Waals surface area contributed by atoms with Crippen molar-refractivity contribution in [3.8, 4) is 0 Å². The summed E-state index contributed by atoms with van der Waals surface area (Å²) in [5, 5.41) is 0. The molecule has 0 atom stereocenters. The maximum atomic E-state index is 2.38. The Balaban J connectivity index is 2.68. The van der Waals surface area contributed by atoms with E-state index in [1.165, 1.54) is 21.6 Å². The summed E-state index contributed by atoms with van der Waals surface area (Å²) in [4.78, 5) is 0. The molecule has 0 N–H and O–H groups in total. The third kappa shape index (κ3) is 6.43. The van der Waals surface area contributed by atoms with Gasteiger partial charge in [-0.25, -0.2) is 0 Å². The van der Waals surface area contributed by atoms with E-state index >= 15 is 0 Å². The molecule has 0 aliphatic heterocycles. The highest BCUT2D eigenvalue weighted by molar-refractivity contribution is 6.57. The van der Waals surface area contributed by atoms with E-state index in [9.17, 15) is 0 Å². The van der Waals surface area contributed by atoms with Gasteiger partial charge in [0, 0.05) is 18.3 Å². The maximum Gasteiger partial charge on any atom is 0.0409 e. The van der Waals surface area contributed by atoms with E-state index in [1.54, 1.807) is 0 Å². The van der Waals surface area contributed by atoms with E-state index in [-0.39, 0.29) is 8.80 Å². The van der Waals surface area contributed by atoms with Crippen LogP contribution in [0.25, 0.3) is 0 Å². The summed E-state index contributed by atoms with van der Waals surface area (Å²) in [5.74, 6) is 0. The molecule has 0 saturated carbocycles. The van der Waals surface area contributed by atoms with Gasteiger partial charge in [0.2, 0.25) is 0 Å². The molecule has 0 aromatic heterocycles. The van der Waals surface area contributed by atoms with Crippen LogP contribution in [-0.2, 0) is 0 Å². The summed E-state index contributed by atoms with van der Waals surface area (Å²) in [6.45, 7) is 7.04. The van der Waals surface area contributed by atoms with Crippen LogP contribution < -0.4 is 0 Å². The van der Waals surface area contributed by atoms with Crippen molar-refractivity contribution in [3.05, 3.63) is 0 Å². The van der Waals surface area contributed by atoms with Crippen LogP contribution in [0.4, 0.5) is 0 Å². The van der Waals surface area contributed by atoms with E-state index < -0.39 is 0 Å². The summed E-state index contributed by atoms with van der Waals surface area (Å²) < 4.78 is 0. The Hall–Kier alpha value is 0.434. The van der Waals surface area contributed by atoms with Crippen molar-refractivity contribution in [2.75, 3.05) is 0 Å². The molecule has 0 rings (SSSR count). The standard InChI is InChI=1S/C5H13Si2/c1-6-4-5-7(2)3/h4-5H2,1-3H3. The largest absolute Gasteiger partial charge is 0.0733 e. The molecule has 0 aliphatic rings. The Morgan fingerprint density at radius 2 is 2.00 bits per heavy atom. The third-order valence-electron chi connectivity index (χ3n) is 0.875. The molecule has 0 fully saturated rings. The second kappa shape index (κ2) is 4.59. The van der Waals surface area contributed by atoms with E-state index in [4.69, 9.17) is 0 Å². The molecule has 2 heteroatoms. The first-order valence-electron chi connectivity index (χ1n) is 2.71. The van der Waals surface area contributed by atoms with Crippen LogP contribution in [-0.4, -0.2) is 18.3 Å². The zero-order chi connectivity index (χ0) is 5.70. The quantitative estimate of drug-likeness (QED) is 0.511. The van der Waals surface area contributed by atoms with E-state index in [0.717, 1.165) is 0 Å². The predicted octanol–water partition coefficient (Wildman–Crippen LogP) is 1.91. The molecule has 0 aromatic rings. The summed E-state index contributed by atoms with van der Waals surface area (Å²) in [6.07, 6.45) is 0. The fraction of sp³-hybridized carbons (Fsp3) is 1.00. The molecule has 0 saturated heterocycles. The van der Waals surface area contributed by atoms with Gasteiger partial charge in [0.05, 0.1) is 0 Å². The average Bonchev–Trinajstić information content (AvgIpc) is 1.61. The lowest BCUT2D eigenvalue weighted by Crippen LogP contribution is -1.98. The van der Waals surface area contributed by atoms with Gasteiger partial charge in [-0.1, -0.05) is 31.7 Å². The van der Waals surface area contributed by atoms with Crippen LogP contribution in [0.15, 0.2) is 0 Å². The summed E-state index contributed by atoms with van der Waals surface area (Å²) in [5.41, 5.74) is 0. The molecule has 0 bridgehead atoms. The minimum Gasteiger partial charge on any atom is -0.0733 e. The van der Waals surface area contributed by atoms with Crippen molar-refractivity contribution >= 4 is 18.3 Å². The lowest BCUT2D eigenvalue weighted by atomic mass is 10.9. The van der Waals surface area contributed by atoms with Crippen LogP contribution in [0.1, 0.15) is 0 Å². The van der Waals surface area contributed by atoms with Crippen LogP contribution in [0, 0.1) is 0 Å². The first-order chi connectivity index (χ1) is 3.27.